The summed E-state index contributed by atoms with van der Waals surface area (Å²) < 4.78 is 27.9. The minimum Gasteiger partial charge on any atom is -0.328 e. The van der Waals surface area contributed by atoms with Gasteiger partial charge in [0.15, 0.2) is 0 Å². The molecule has 0 aliphatic carbocycles. The fraction of sp³-hybridized carbons (Fsp3) is 0.400. The quantitative estimate of drug-likeness (QED) is 0.772. The smallest absolute Gasteiger partial charge is 0.282 e. The normalized spacial score (nSPS) is 11.2. The predicted molar refractivity (Wildman–Crippen MR) is 72.3 cm³/mol. The molecule has 2 nitrogen and oxygen atoms in total. The summed E-state index contributed by atoms with van der Waals surface area (Å²) in [4.78, 5) is 4.15. The van der Waals surface area contributed by atoms with Crippen LogP contribution in [0.1, 0.15) is 37.6 Å². The Balaban J connectivity index is 2.49. The van der Waals surface area contributed by atoms with Crippen molar-refractivity contribution in [2.24, 2.45) is 0 Å². The summed E-state index contributed by atoms with van der Waals surface area (Å²) in [6.45, 7) is 4.53. The number of imidazole rings is 1. The zero-order valence-corrected chi connectivity index (χ0v) is 11.2. The molecule has 19 heavy (non-hydrogen) atoms. The molecule has 0 saturated carbocycles. The molecule has 0 saturated heterocycles. The van der Waals surface area contributed by atoms with E-state index < -0.39 is 6.43 Å². The van der Waals surface area contributed by atoms with Crippen molar-refractivity contribution >= 4 is 0 Å². The highest BCUT2D eigenvalue weighted by Gasteiger charge is 2.20. The van der Waals surface area contributed by atoms with Crippen molar-refractivity contribution in [1.29, 1.82) is 0 Å². The Labute approximate surface area is 112 Å². The molecule has 0 atom stereocenters. The molecular formula is C15H18F2N2. The van der Waals surface area contributed by atoms with Crippen molar-refractivity contribution in [3.8, 4) is 11.4 Å². The third-order valence-corrected chi connectivity index (χ3v) is 3.23. The number of rotatable bonds is 5. The van der Waals surface area contributed by atoms with Gasteiger partial charge in [-0.15, -0.1) is 0 Å². The first kappa shape index (κ1) is 13.7. The molecule has 0 unspecified atom stereocenters. The second-order valence-electron chi connectivity index (χ2n) is 4.58. The average Bonchev–Trinajstić information content (AvgIpc) is 2.75. The third-order valence-electron chi connectivity index (χ3n) is 3.23. The van der Waals surface area contributed by atoms with Gasteiger partial charge < -0.3 is 4.57 Å². The summed E-state index contributed by atoms with van der Waals surface area (Å²) in [5.74, 6) is 0.641. The van der Waals surface area contributed by atoms with Gasteiger partial charge in [0, 0.05) is 17.8 Å². The number of aromatic nitrogens is 2. The monoisotopic (exact) mass is 264 g/mol. The molecule has 0 aliphatic rings. The Bertz CT molecular complexity index is 533. The summed E-state index contributed by atoms with van der Waals surface area (Å²) in [7, 11) is 0. The van der Waals surface area contributed by atoms with Crippen LogP contribution in [-0.2, 0) is 6.54 Å². The van der Waals surface area contributed by atoms with E-state index in [-0.39, 0.29) is 5.69 Å². The molecule has 0 bridgehead atoms. The number of alkyl halides is 2. The van der Waals surface area contributed by atoms with Crippen molar-refractivity contribution in [2.45, 2.75) is 39.7 Å². The molecular weight excluding hydrogens is 246 g/mol. The van der Waals surface area contributed by atoms with Crippen LogP contribution in [0.2, 0.25) is 0 Å². The number of hydrogen-bond acceptors (Lipinski definition) is 1. The molecule has 0 fully saturated rings. The van der Waals surface area contributed by atoms with Crippen LogP contribution < -0.4 is 0 Å². The Morgan fingerprint density at radius 1 is 1.21 bits per heavy atom. The van der Waals surface area contributed by atoms with Gasteiger partial charge in [-0.1, -0.05) is 43.7 Å². The fourth-order valence-corrected chi connectivity index (χ4v) is 2.16. The second kappa shape index (κ2) is 5.95. The highest BCUT2D eigenvalue weighted by molar-refractivity contribution is 5.56. The maximum absolute atomic E-state index is 13.0. The van der Waals surface area contributed by atoms with E-state index in [1.165, 1.54) is 0 Å². The van der Waals surface area contributed by atoms with Gasteiger partial charge in [-0.25, -0.2) is 13.8 Å². The largest absolute Gasteiger partial charge is 0.328 e. The van der Waals surface area contributed by atoms with Crippen LogP contribution in [0.3, 0.4) is 0 Å². The number of nitrogens with zero attached hydrogens (tertiary/aromatic N) is 2. The molecule has 1 aromatic heterocycles. The average molecular weight is 264 g/mol. The van der Waals surface area contributed by atoms with E-state index in [9.17, 15) is 8.78 Å². The third kappa shape index (κ3) is 2.83. The van der Waals surface area contributed by atoms with E-state index in [1.54, 1.807) is 6.92 Å². The summed E-state index contributed by atoms with van der Waals surface area (Å²) >= 11 is 0. The van der Waals surface area contributed by atoms with Gasteiger partial charge >= 0.3 is 0 Å². The fourth-order valence-electron chi connectivity index (χ4n) is 2.16. The predicted octanol–water partition coefficient (Wildman–Crippen LogP) is 4.60. The molecule has 0 aliphatic heterocycles. The number of benzene rings is 1. The lowest BCUT2D eigenvalue weighted by Crippen LogP contribution is -2.03. The van der Waals surface area contributed by atoms with E-state index in [0.717, 1.165) is 24.9 Å². The van der Waals surface area contributed by atoms with E-state index >= 15 is 0 Å². The van der Waals surface area contributed by atoms with Gasteiger partial charge in [0.05, 0.1) is 0 Å². The Morgan fingerprint density at radius 3 is 2.47 bits per heavy atom. The van der Waals surface area contributed by atoms with Crippen LogP contribution >= 0.6 is 0 Å². The van der Waals surface area contributed by atoms with Crippen LogP contribution in [0.25, 0.3) is 11.4 Å². The van der Waals surface area contributed by atoms with E-state index in [2.05, 4.69) is 11.9 Å². The zero-order valence-electron chi connectivity index (χ0n) is 11.2. The van der Waals surface area contributed by atoms with Crippen molar-refractivity contribution in [3.05, 3.63) is 41.7 Å². The molecule has 2 rings (SSSR count). The van der Waals surface area contributed by atoms with Crippen molar-refractivity contribution in [2.75, 3.05) is 0 Å². The second-order valence-corrected chi connectivity index (χ2v) is 4.58. The van der Waals surface area contributed by atoms with Gasteiger partial charge in [-0.2, -0.15) is 0 Å². The maximum Gasteiger partial charge on any atom is 0.282 e. The van der Waals surface area contributed by atoms with Crippen molar-refractivity contribution in [3.63, 3.8) is 0 Å². The first-order valence-electron chi connectivity index (χ1n) is 6.55. The lowest BCUT2D eigenvalue weighted by molar-refractivity contribution is 0.145. The van der Waals surface area contributed by atoms with Crippen molar-refractivity contribution in [1.82, 2.24) is 9.55 Å². The first-order valence-corrected chi connectivity index (χ1v) is 6.55. The molecule has 102 valence electrons. The minimum atomic E-state index is -2.52. The lowest BCUT2D eigenvalue weighted by Gasteiger charge is -2.09. The van der Waals surface area contributed by atoms with E-state index in [1.807, 2.05) is 34.9 Å². The minimum absolute atomic E-state index is 0.102. The standard InChI is InChI=1S/C15H18F2N2/c1-3-4-10-19-11(2)13(14(16)17)18-15(19)12-8-6-5-7-9-12/h5-9,14H,3-4,10H2,1-2H3. The molecule has 2 aromatic rings. The van der Waals surface area contributed by atoms with Crippen molar-refractivity contribution < 1.29 is 8.78 Å². The summed E-state index contributed by atoms with van der Waals surface area (Å²) in [6, 6.07) is 9.50. The highest BCUT2D eigenvalue weighted by Crippen LogP contribution is 2.28. The van der Waals surface area contributed by atoms with Crippen LogP contribution in [-0.4, -0.2) is 9.55 Å². The number of unbranched alkanes of at least 4 members (excludes halogenated alkanes) is 1. The highest BCUT2D eigenvalue weighted by atomic mass is 19.3. The molecule has 4 heteroatoms. The molecule has 0 amide bonds. The topological polar surface area (TPSA) is 17.8 Å². The van der Waals surface area contributed by atoms with E-state index in [4.69, 9.17) is 0 Å². The van der Waals surface area contributed by atoms with Crippen LogP contribution in [0.5, 0.6) is 0 Å². The maximum atomic E-state index is 13.0. The number of hydrogen-bond donors (Lipinski definition) is 0. The molecule has 1 heterocycles. The lowest BCUT2D eigenvalue weighted by atomic mass is 10.2. The van der Waals surface area contributed by atoms with Gasteiger partial charge in [-0.3, -0.25) is 0 Å². The molecule has 0 radical (unpaired) electrons. The summed E-state index contributed by atoms with van der Waals surface area (Å²) in [5.41, 5.74) is 1.35. The van der Waals surface area contributed by atoms with Gasteiger partial charge in [0.2, 0.25) is 0 Å². The van der Waals surface area contributed by atoms with Crippen LogP contribution in [0.15, 0.2) is 30.3 Å². The van der Waals surface area contributed by atoms with Gasteiger partial charge in [0.25, 0.3) is 6.43 Å². The SMILES string of the molecule is CCCCn1c(-c2ccccc2)nc(C(F)F)c1C. The Kier molecular flexibility index (Phi) is 4.30. The summed E-state index contributed by atoms with van der Waals surface area (Å²) in [6.07, 6.45) is -0.541. The molecule has 1 aromatic carbocycles. The zero-order chi connectivity index (χ0) is 13.8. The summed E-state index contributed by atoms with van der Waals surface area (Å²) in [5, 5.41) is 0. The van der Waals surface area contributed by atoms with Crippen LogP contribution in [0.4, 0.5) is 8.78 Å². The van der Waals surface area contributed by atoms with Gasteiger partial charge in [0.1, 0.15) is 11.5 Å². The Morgan fingerprint density at radius 2 is 1.89 bits per heavy atom. The van der Waals surface area contributed by atoms with E-state index in [0.29, 0.717) is 11.5 Å². The number of halogens is 2. The van der Waals surface area contributed by atoms with Gasteiger partial charge in [-0.05, 0) is 13.3 Å². The Hall–Kier alpha value is -1.71. The molecule has 0 spiro atoms. The first-order chi connectivity index (χ1) is 9.15. The van der Waals surface area contributed by atoms with Crippen LogP contribution in [0, 0.1) is 6.92 Å². The molecule has 0 N–H and O–H groups in total.